The number of aromatic nitrogens is 4. The van der Waals surface area contributed by atoms with Crippen LogP contribution in [-0.4, -0.2) is 52.0 Å². The first-order valence-electron chi connectivity index (χ1n) is 9.81. The summed E-state index contributed by atoms with van der Waals surface area (Å²) in [7, 11) is 4.07. The molecule has 0 saturated carbocycles. The highest BCUT2D eigenvalue weighted by Crippen LogP contribution is 2.31. The molecule has 0 aliphatic carbocycles. The molecule has 31 heavy (non-hydrogen) atoms. The van der Waals surface area contributed by atoms with Gasteiger partial charge in [-0.05, 0) is 43.6 Å². The lowest BCUT2D eigenvalue weighted by Gasteiger charge is -2.11. The molecule has 4 rings (SSSR count). The lowest BCUT2D eigenvalue weighted by atomic mass is 10.2. The maximum absolute atomic E-state index is 4.60. The number of hydrogen-bond acceptors (Lipinski definition) is 9. The van der Waals surface area contributed by atoms with E-state index in [9.17, 15) is 0 Å². The first-order valence-corrected chi connectivity index (χ1v) is 11.4. The Hall–Kier alpha value is -3.01. The molecule has 7 nitrogen and oxygen atoms in total. The van der Waals surface area contributed by atoms with Crippen molar-refractivity contribution in [3.63, 3.8) is 0 Å². The molecule has 0 spiro atoms. The van der Waals surface area contributed by atoms with Crippen LogP contribution >= 0.6 is 23.1 Å². The van der Waals surface area contributed by atoms with Crippen molar-refractivity contribution < 1.29 is 0 Å². The molecular weight excluding hydrogens is 426 g/mol. The van der Waals surface area contributed by atoms with Crippen LogP contribution in [0.15, 0.2) is 76.9 Å². The van der Waals surface area contributed by atoms with Crippen LogP contribution in [0.2, 0.25) is 0 Å². The van der Waals surface area contributed by atoms with Gasteiger partial charge in [0.15, 0.2) is 10.3 Å². The van der Waals surface area contributed by atoms with Crippen molar-refractivity contribution in [2.45, 2.75) is 10.1 Å². The molecule has 0 radical (unpaired) electrons. The average molecular weight is 450 g/mol. The second kappa shape index (κ2) is 10.3. The Bertz CT molecular complexity index is 1100. The van der Waals surface area contributed by atoms with E-state index < -0.39 is 0 Å². The van der Waals surface area contributed by atoms with Gasteiger partial charge in [0.25, 0.3) is 0 Å². The topological polar surface area (TPSA) is 78.9 Å². The number of benzene rings is 2. The van der Waals surface area contributed by atoms with Crippen LogP contribution < -0.4 is 10.6 Å². The number of rotatable bonds is 9. The van der Waals surface area contributed by atoms with E-state index in [1.807, 2.05) is 68.8 Å². The zero-order valence-corrected chi connectivity index (χ0v) is 19.0. The first-order chi connectivity index (χ1) is 15.2. The normalized spacial score (nSPS) is 10.9. The van der Waals surface area contributed by atoms with Gasteiger partial charge in [-0.25, -0.2) is 4.98 Å². The third kappa shape index (κ3) is 6.24. The summed E-state index contributed by atoms with van der Waals surface area (Å²) in [5.41, 5.74) is 1.13. The van der Waals surface area contributed by atoms with Crippen LogP contribution in [-0.2, 0) is 0 Å². The summed E-state index contributed by atoms with van der Waals surface area (Å²) in [5.74, 6) is 1.01. The summed E-state index contributed by atoms with van der Waals surface area (Å²) in [6.07, 6.45) is 1.86. The van der Waals surface area contributed by atoms with E-state index in [1.54, 1.807) is 11.3 Å². The third-order valence-electron chi connectivity index (χ3n) is 4.19. The van der Waals surface area contributed by atoms with Gasteiger partial charge >= 0.3 is 0 Å². The highest BCUT2D eigenvalue weighted by molar-refractivity contribution is 7.99. The largest absolute Gasteiger partial charge is 0.353 e. The van der Waals surface area contributed by atoms with E-state index in [1.165, 1.54) is 11.8 Å². The first kappa shape index (κ1) is 21.2. The average Bonchev–Trinajstić information content (AvgIpc) is 3.23. The van der Waals surface area contributed by atoms with Crippen molar-refractivity contribution in [1.82, 2.24) is 24.8 Å². The number of likely N-dealkylation sites (N-methyl/N-ethyl adjacent to an activating group) is 1. The van der Waals surface area contributed by atoms with Gasteiger partial charge in [0, 0.05) is 24.2 Å². The minimum Gasteiger partial charge on any atom is -0.353 e. The number of thiazole rings is 1. The molecule has 0 unspecified atom stereocenters. The molecule has 0 aliphatic rings. The van der Waals surface area contributed by atoms with E-state index in [0.29, 0.717) is 17.1 Å². The number of hydrogen-bond donors (Lipinski definition) is 2. The van der Waals surface area contributed by atoms with Crippen LogP contribution in [0.25, 0.3) is 10.4 Å². The van der Waals surface area contributed by atoms with Gasteiger partial charge in [0.1, 0.15) is 0 Å². The highest BCUT2D eigenvalue weighted by Gasteiger charge is 2.11. The fourth-order valence-corrected chi connectivity index (χ4v) is 4.27. The lowest BCUT2D eigenvalue weighted by Crippen LogP contribution is -2.21. The molecule has 2 aromatic heterocycles. The van der Waals surface area contributed by atoms with Crippen LogP contribution in [0.5, 0.6) is 0 Å². The summed E-state index contributed by atoms with van der Waals surface area (Å²) in [6.45, 7) is 1.61. The second-order valence-electron chi connectivity index (χ2n) is 6.93. The number of nitrogens with zero attached hydrogens (tertiary/aromatic N) is 5. The van der Waals surface area contributed by atoms with Gasteiger partial charge in [-0.15, -0.1) is 0 Å². The number of anilines is 3. The molecule has 0 saturated heterocycles. The molecule has 9 heteroatoms. The second-order valence-corrected chi connectivity index (χ2v) is 9.00. The molecule has 0 aliphatic heterocycles. The van der Waals surface area contributed by atoms with Crippen molar-refractivity contribution in [3.05, 3.63) is 66.9 Å². The Morgan fingerprint density at radius 2 is 1.61 bits per heavy atom. The maximum Gasteiger partial charge on any atom is 0.234 e. The summed E-state index contributed by atoms with van der Waals surface area (Å²) < 4.78 is 0. The van der Waals surface area contributed by atoms with E-state index in [4.69, 9.17) is 0 Å². The predicted octanol–water partition coefficient (Wildman–Crippen LogP) is 4.86. The molecule has 0 atom stereocenters. The van der Waals surface area contributed by atoms with Crippen LogP contribution in [0, 0.1) is 0 Å². The van der Waals surface area contributed by atoms with E-state index in [-0.39, 0.29) is 0 Å². The fourth-order valence-electron chi connectivity index (χ4n) is 2.69. The molecule has 4 aromatic rings. The van der Waals surface area contributed by atoms with Crippen molar-refractivity contribution in [2.24, 2.45) is 0 Å². The van der Waals surface area contributed by atoms with E-state index >= 15 is 0 Å². The summed E-state index contributed by atoms with van der Waals surface area (Å²) >= 11 is 3.06. The van der Waals surface area contributed by atoms with Gasteiger partial charge < -0.3 is 10.2 Å². The molecule has 0 fully saturated rings. The lowest BCUT2D eigenvalue weighted by molar-refractivity contribution is 0.425. The van der Waals surface area contributed by atoms with Crippen molar-refractivity contribution in [1.29, 1.82) is 0 Å². The molecule has 2 N–H and O–H groups in total. The molecule has 158 valence electrons. The van der Waals surface area contributed by atoms with Gasteiger partial charge in [0.2, 0.25) is 11.9 Å². The summed E-state index contributed by atoms with van der Waals surface area (Å²) in [6, 6.07) is 20.3. The molecule has 0 amide bonds. The Morgan fingerprint density at radius 3 is 2.35 bits per heavy atom. The third-order valence-corrected chi connectivity index (χ3v) is 6.03. The van der Waals surface area contributed by atoms with Crippen molar-refractivity contribution in [3.8, 4) is 10.4 Å². The van der Waals surface area contributed by atoms with Gasteiger partial charge in [-0.1, -0.05) is 59.9 Å². The SMILES string of the molecule is CN(C)CCNc1nc(Nc2ncc(-c3ccccc3)s2)nc(Sc2ccccc2)n1. The van der Waals surface area contributed by atoms with Crippen molar-refractivity contribution >= 4 is 40.1 Å². The zero-order valence-electron chi connectivity index (χ0n) is 17.3. The standard InChI is InChI=1S/C22H23N7S2/c1-29(2)14-13-23-19-25-20(28-22(26-19)30-17-11-7-4-8-12-17)27-21-24-15-18(31-21)16-9-5-3-6-10-16/h3-12,15H,13-14H2,1-2H3,(H2,23,24,25,26,27,28). The minimum atomic E-state index is 0.467. The Kier molecular flexibility index (Phi) is 7.08. The van der Waals surface area contributed by atoms with E-state index in [2.05, 4.69) is 47.6 Å². The smallest absolute Gasteiger partial charge is 0.234 e. The molecule has 0 bridgehead atoms. The highest BCUT2D eigenvalue weighted by atomic mass is 32.2. The predicted molar refractivity (Wildman–Crippen MR) is 128 cm³/mol. The number of nitrogens with one attached hydrogen (secondary N) is 2. The zero-order chi connectivity index (χ0) is 21.5. The van der Waals surface area contributed by atoms with Crippen molar-refractivity contribution in [2.75, 3.05) is 37.8 Å². The Balaban J connectivity index is 1.55. The van der Waals surface area contributed by atoms with Crippen LogP contribution in [0.4, 0.5) is 17.0 Å². The Morgan fingerprint density at radius 1 is 0.903 bits per heavy atom. The maximum atomic E-state index is 4.60. The quantitative estimate of drug-likeness (QED) is 0.375. The van der Waals surface area contributed by atoms with Crippen LogP contribution in [0.3, 0.4) is 0 Å². The van der Waals surface area contributed by atoms with Gasteiger partial charge in [-0.2, -0.15) is 15.0 Å². The van der Waals surface area contributed by atoms with Gasteiger partial charge in [-0.3, -0.25) is 5.32 Å². The molecule has 2 heterocycles. The fraction of sp³-hybridized carbons (Fsp3) is 0.182. The van der Waals surface area contributed by atoms with Crippen LogP contribution in [0.1, 0.15) is 0 Å². The Labute approximate surface area is 190 Å². The van der Waals surface area contributed by atoms with E-state index in [0.717, 1.165) is 33.6 Å². The summed E-state index contributed by atoms with van der Waals surface area (Å²) in [4.78, 5) is 22.5. The monoisotopic (exact) mass is 449 g/mol. The van der Waals surface area contributed by atoms with Gasteiger partial charge in [0.05, 0.1) is 4.88 Å². The minimum absolute atomic E-state index is 0.467. The molecular formula is C22H23N7S2. The summed E-state index contributed by atoms with van der Waals surface area (Å²) in [5, 5.41) is 7.88. The molecule has 2 aromatic carbocycles.